The Morgan fingerprint density at radius 2 is 1.84 bits per heavy atom. The van der Waals surface area contributed by atoms with Crippen molar-refractivity contribution in [2.24, 2.45) is 0 Å². The molecule has 1 aliphatic rings. The molecule has 0 saturated carbocycles. The normalized spacial score (nSPS) is 16.9. The highest BCUT2D eigenvalue weighted by atomic mass is 79.9. The van der Waals surface area contributed by atoms with Crippen molar-refractivity contribution >= 4 is 27.7 Å². The SMILES string of the molecule is CCOC(=O)C1=C(F)OC(c2ccccc2)=CC1c1ccc(Br)cc1. The van der Waals surface area contributed by atoms with Crippen molar-refractivity contribution < 1.29 is 18.7 Å². The minimum absolute atomic E-state index is 0.121. The van der Waals surface area contributed by atoms with Crippen LogP contribution in [0, 0.1) is 0 Å². The number of halogens is 2. The summed E-state index contributed by atoms with van der Waals surface area (Å²) in [5.74, 6) is -0.925. The van der Waals surface area contributed by atoms with Gasteiger partial charge in [-0.05, 0) is 30.7 Å². The zero-order valence-corrected chi connectivity index (χ0v) is 15.1. The van der Waals surface area contributed by atoms with Crippen molar-refractivity contribution in [3.63, 3.8) is 0 Å². The predicted molar refractivity (Wildman–Crippen MR) is 97.2 cm³/mol. The van der Waals surface area contributed by atoms with Crippen LogP contribution in [0.15, 0.2) is 76.7 Å². The lowest BCUT2D eigenvalue weighted by Gasteiger charge is -2.24. The maximum Gasteiger partial charge on any atom is 0.341 e. The molecular weight excluding hydrogens is 387 g/mol. The Morgan fingerprint density at radius 3 is 2.48 bits per heavy atom. The second kappa shape index (κ2) is 7.66. The summed E-state index contributed by atoms with van der Waals surface area (Å²) in [5, 5.41) is 0. The van der Waals surface area contributed by atoms with E-state index in [0.717, 1.165) is 15.6 Å². The smallest absolute Gasteiger partial charge is 0.341 e. The lowest BCUT2D eigenvalue weighted by molar-refractivity contribution is -0.139. The van der Waals surface area contributed by atoms with Crippen LogP contribution in [-0.4, -0.2) is 12.6 Å². The zero-order valence-electron chi connectivity index (χ0n) is 13.5. The molecule has 0 saturated heterocycles. The maximum atomic E-state index is 14.7. The van der Waals surface area contributed by atoms with Crippen LogP contribution in [-0.2, 0) is 14.3 Å². The van der Waals surface area contributed by atoms with Crippen LogP contribution in [0.5, 0.6) is 0 Å². The largest absolute Gasteiger partial charge is 0.462 e. The van der Waals surface area contributed by atoms with Crippen molar-refractivity contribution in [3.8, 4) is 0 Å². The van der Waals surface area contributed by atoms with E-state index in [0.29, 0.717) is 5.76 Å². The van der Waals surface area contributed by atoms with Gasteiger partial charge in [-0.1, -0.05) is 58.4 Å². The van der Waals surface area contributed by atoms with E-state index in [9.17, 15) is 9.18 Å². The molecule has 3 nitrogen and oxygen atoms in total. The summed E-state index contributed by atoms with van der Waals surface area (Å²) in [6, 6.07) is 15.7. The molecule has 2 aromatic rings. The van der Waals surface area contributed by atoms with Crippen molar-refractivity contribution in [3.05, 3.63) is 87.9 Å². The van der Waals surface area contributed by atoms with Crippen molar-refractivity contribution in [1.82, 2.24) is 0 Å². The predicted octanol–water partition coefficient (Wildman–Crippen LogP) is 5.35. The quantitative estimate of drug-likeness (QED) is 0.646. The van der Waals surface area contributed by atoms with Gasteiger partial charge < -0.3 is 9.47 Å². The van der Waals surface area contributed by atoms with E-state index in [4.69, 9.17) is 9.47 Å². The molecule has 1 heterocycles. The Labute approximate surface area is 153 Å². The fourth-order valence-corrected chi connectivity index (χ4v) is 2.91. The average Bonchev–Trinajstić information content (AvgIpc) is 2.62. The third kappa shape index (κ3) is 3.82. The number of hydrogen-bond acceptors (Lipinski definition) is 3. The lowest BCUT2D eigenvalue weighted by Crippen LogP contribution is -2.19. The first kappa shape index (κ1) is 17.4. The van der Waals surface area contributed by atoms with Crippen LogP contribution in [0.3, 0.4) is 0 Å². The zero-order chi connectivity index (χ0) is 17.8. The van der Waals surface area contributed by atoms with Gasteiger partial charge in [0.25, 0.3) is 6.01 Å². The number of ether oxygens (including phenoxy) is 2. The first-order valence-electron chi connectivity index (χ1n) is 7.87. The minimum Gasteiger partial charge on any atom is -0.462 e. The summed E-state index contributed by atoms with van der Waals surface area (Å²) in [5.41, 5.74) is 1.39. The molecule has 1 unspecified atom stereocenters. The van der Waals surface area contributed by atoms with Crippen LogP contribution in [0.25, 0.3) is 5.76 Å². The molecule has 0 amide bonds. The Hall–Kier alpha value is -2.40. The first-order valence-corrected chi connectivity index (χ1v) is 8.66. The maximum absolute atomic E-state index is 14.7. The van der Waals surface area contributed by atoms with E-state index in [2.05, 4.69) is 15.9 Å². The molecule has 2 aromatic carbocycles. The molecular formula is C20H16BrFO3. The molecule has 0 bridgehead atoms. The molecule has 0 aliphatic carbocycles. The number of benzene rings is 2. The Kier molecular flexibility index (Phi) is 5.34. The van der Waals surface area contributed by atoms with Crippen LogP contribution in [0.1, 0.15) is 24.0 Å². The monoisotopic (exact) mass is 402 g/mol. The highest BCUT2D eigenvalue weighted by Crippen LogP contribution is 2.39. The summed E-state index contributed by atoms with van der Waals surface area (Å²) in [6.07, 6.45) is 1.74. The van der Waals surface area contributed by atoms with Gasteiger partial charge in [-0.2, -0.15) is 4.39 Å². The van der Waals surface area contributed by atoms with Crippen LogP contribution in [0.2, 0.25) is 0 Å². The van der Waals surface area contributed by atoms with Gasteiger partial charge in [-0.25, -0.2) is 4.79 Å². The molecule has 128 valence electrons. The van der Waals surface area contributed by atoms with Crippen molar-refractivity contribution in [2.75, 3.05) is 6.61 Å². The molecule has 0 N–H and O–H groups in total. The van der Waals surface area contributed by atoms with Gasteiger partial charge in [0, 0.05) is 16.0 Å². The van der Waals surface area contributed by atoms with E-state index in [1.807, 2.05) is 54.6 Å². The summed E-state index contributed by atoms with van der Waals surface area (Å²) in [7, 11) is 0. The van der Waals surface area contributed by atoms with E-state index >= 15 is 0 Å². The van der Waals surface area contributed by atoms with E-state index in [1.54, 1.807) is 13.0 Å². The van der Waals surface area contributed by atoms with Crippen molar-refractivity contribution in [2.45, 2.75) is 12.8 Å². The molecule has 0 radical (unpaired) electrons. The summed E-state index contributed by atoms with van der Waals surface area (Å²) >= 11 is 3.38. The molecule has 1 atom stereocenters. The van der Waals surface area contributed by atoms with E-state index in [-0.39, 0.29) is 12.2 Å². The molecule has 5 heteroatoms. The van der Waals surface area contributed by atoms with Gasteiger partial charge in [0.2, 0.25) is 0 Å². The van der Waals surface area contributed by atoms with Gasteiger partial charge in [-0.3, -0.25) is 0 Å². The lowest BCUT2D eigenvalue weighted by atomic mass is 9.89. The van der Waals surface area contributed by atoms with Gasteiger partial charge in [0.05, 0.1) is 6.61 Å². The highest BCUT2D eigenvalue weighted by Gasteiger charge is 2.33. The van der Waals surface area contributed by atoms with E-state index < -0.39 is 17.9 Å². The molecule has 0 fully saturated rings. The third-order valence-corrected chi connectivity index (χ3v) is 4.35. The minimum atomic E-state index is -0.923. The molecule has 1 aliphatic heterocycles. The van der Waals surface area contributed by atoms with Gasteiger partial charge in [0.15, 0.2) is 0 Å². The number of hydrogen-bond donors (Lipinski definition) is 0. The van der Waals surface area contributed by atoms with Crippen LogP contribution >= 0.6 is 15.9 Å². The van der Waals surface area contributed by atoms with Crippen LogP contribution < -0.4 is 0 Å². The van der Waals surface area contributed by atoms with Crippen molar-refractivity contribution in [1.29, 1.82) is 0 Å². The Bertz CT molecular complexity index is 826. The Morgan fingerprint density at radius 1 is 1.16 bits per heavy atom. The van der Waals surface area contributed by atoms with Crippen LogP contribution in [0.4, 0.5) is 4.39 Å². The summed E-state index contributed by atoms with van der Waals surface area (Å²) in [4.78, 5) is 12.3. The standard InChI is InChI=1S/C20H16BrFO3/c1-2-24-20(23)18-16(13-8-10-15(21)11-9-13)12-17(25-19(18)22)14-6-4-3-5-7-14/h3-12,16H,2H2,1H3. The molecule has 0 aromatic heterocycles. The second-order valence-electron chi connectivity index (χ2n) is 5.44. The van der Waals surface area contributed by atoms with Gasteiger partial charge in [-0.15, -0.1) is 0 Å². The summed E-state index contributed by atoms with van der Waals surface area (Å²) in [6.45, 7) is 1.85. The first-order chi connectivity index (χ1) is 12.1. The highest BCUT2D eigenvalue weighted by molar-refractivity contribution is 9.10. The number of esters is 1. The third-order valence-electron chi connectivity index (χ3n) is 3.82. The summed E-state index contributed by atoms with van der Waals surface area (Å²) < 4.78 is 25.9. The number of allylic oxidation sites excluding steroid dienone is 1. The fourth-order valence-electron chi connectivity index (χ4n) is 2.65. The number of carbonyl (C=O) groups is 1. The van der Waals surface area contributed by atoms with Gasteiger partial charge in [0.1, 0.15) is 11.3 Å². The van der Waals surface area contributed by atoms with E-state index in [1.165, 1.54) is 0 Å². The topological polar surface area (TPSA) is 35.5 Å². The number of carbonyl (C=O) groups excluding carboxylic acids is 1. The molecule has 0 spiro atoms. The second-order valence-corrected chi connectivity index (χ2v) is 6.35. The number of rotatable bonds is 4. The fraction of sp³-hybridized carbons (Fsp3) is 0.150. The average molecular weight is 403 g/mol. The van der Waals surface area contributed by atoms with Gasteiger partial charge >= 0.3 is 5.97 Å². The Balaban J connectivity index is 2.07. The molecule has 3 rings (SSSR count). The molecule has 25 heavy (non-hydrogen) atoms.